The Morgan fingerprint density at radius 2 is 2.15 bits per heavy atom. The second kappa shape index (κ2) is 3.66. The summed E-state index contributed by atoms with van der Waals surface area (Å²) in [6.45, 7) is 1.57. The fourth-order valence-electron chi connectivity index (χ4n) is 2.10. The molecule has 1 heterocycles. The monoisotopic (exact) mass is 182 g/mol. The van der Waals surface area contributed by atoms with Gasteiger partial charge in [0.15, 0.2) is 0 Å². The molecule has 1 amide bonds. The summed E-state index contributed by atoms with van der Waals surface area (Å²) in [6, 6.07) is 0.339. The van der Waals surface area contributed by atoms with Gasteiger partial charge in [0.1, 0.15) is 0 Å². The SMILES string of the molecule is NCC1CCCN1C(=O)CC1CC1. The zero-order chi connectivity index (χ0) is 9.26. The third kappa shape index (κ3) is 2.02. The number of nitrogens with two attached hydrogens (primary N) is 1. The van der Waals surface area contributed by atoms with Crippen molar-refractivity contribution in [1.82, 2.24) is 4.90 Å². The van der Waals surface area contributed by atoms with Crippen molar-refractivity contribution in [3.8, 4) is 0 Å². The van der Waals surface area contributed by atoms with E-state index in [0.717, 1.165) is 25.8 Å². The Bertz CT molecular complexity index is 201. The molecule has 3 nitrogen and oxygen atoms in total. The van der Waals surface area contributed by atoms with E-state index in [1.165, 1.54) is 12.8 Å². The van der Waals surface area contributed by atoms with E-state index in [2.05, 4.69) is 0 Å². The highest BCUT2D eigenvalue weighted by atomic mass is 16.2. The van der Waals surface area contributed by atoms with Crippen molar-refractivity contribution >= 4 is 5.91 Å². The molecule has 2 N–H and O–H groups in total. The molecule has 1 atom stereocenters. The number of likely N-dealkylation sites (tertiary alicyclic amines) is 1. The van der Waals surface area contributed by atoms with E-state index < -0.39 is 0 Å². The van der Waals surface area contributed by atoms with Gasteiger partial charge in [-0.15, -0.1) is 0 Å². The van der Waals surface area contributed by atoms with Gasteiger partial charge in [0.05, 0.1) is 0 Å². The minimum Gasteiger partial charge on any atom is -0.338 e. The van der Waals surface area contributed by atoms with Gasteiger partial charge in [-0.1, -0.05) is 0 Å². The van der Waals surface area contributed by atoms with E-state index in [-0.39, 0.29) is 0 Å². The molecule has 1 saturated carbocycles. The zero-order valence-corrected chi connectivity index (χ0v) is 8.04. The molecule has 0 aromatic rings. The molecule has 1 aliphatic carbocycles. The van der Waals surface area contributed by atoms with Crippen LogP contribution in [0.4, 0.5) is 0 Å². The van der Waals surface area contributed by atoms with E-state index in [4.69, 9.17) is 5.73 Å². The maximum absolute atomic E-state index is 11.7. The Morgan fingerprint density at radius 3 is 2.77 bits per heavy atom. The highest BCUT2D eigenvalue weighted by Gasteiger charge is 2.31. The average Bonchev–Trinajstić information content (AvgIpc) is 2.82. The van der Waals surface area contributed by atoms with Gasteiger partial charge in [0.25, 0.3) is 0 Å². The average molecular weight is 182 g/mol. The van der Waals surface area contributed by atoms with Crippen LogP contribution in [0.5, 0.6) is 0 Å². The van der Waals surface area contributed by atoms with E-state index in [1.54, 1.807) is 0 Å². The number of carbonyl (C=O) groups is 1. The minimum atomic E-state index is 0.339. The van der Waals surface area contributed by atoms with E-state index in [1.807, 2.05) is 4.90 Å². The normalized spacial score (nSPS) is 28.1. The number of rotatable bonds is 3. The largest absolute Gasteiger partial charge is 0.338 e. The van der Waals surface area contributed by atoms with Crippen LogP contribution in [0.1, 0.15) is 32.1 Å². The molecular weight excluding hydrogens is 164 g/mol. The van der Waals surface area contributed by atoms with Gasteiger partial charge >= 0.3 is 0 Å². The molecule has 13 heavy (non-hydrogen) atoms. The lowest BCUT2D eigenvalue weighted by atomic mass is 10.2. The molecule has 0 radical (unpaired) electrons. The summed E-state index contributed by atoms with van der Waals surface area (Å²) in [7, 11) is 0. The van der Waals surface area contributed by atoms with Gasteiger partial charge in [-0.2, -0.15) is 0 Å². The maximum atomic E-state index is 11.7. The minimum absolute atomic E-state index is 0.339. The quantitative estimate of drug-likeness (QED) is 0.699. The maximum Gasteiger partial charge on any atom is 0.223 e. The first kappa shape index (κ1) is 9.00. The molecule has 2 fully saturated rings. The molecule has 0 spiro atoms. The number of carbonyl (C=O) groups excluding carboxylic acids is 1. The summed E-state index contributed by atoms with van der Waals surface area (Å²) in [6.07, 6.45) is 5.53. The predicted octanol–water partition coefficient (Wildman–Crippen LogP) is 0.736. The summed E-state index contributed by atoms with van der Waals surface area (Å²) in [5.41, 5.74) is 5.61. The summed E-state index contributed by atoms with van der Waals surface area (Å²) >= 11 is 0. The van der Waals surface area contributed by atoms with Crippen molar-refractivity contribution in [3.63, 3.8) is 0 Å². The van der Waals surface area contributed by atoms with E-state index in [0.29, 0.717) is 24.4 Å². The van der Waals surface area contributed by atoms with Crippen molar-refractivity contribution in [2.24, 2.45) is 11.7 Å². The van der Waals surface area contributed by atoms with Crippen LogP contribution in [0, 0.1) is 5.92 Å². The van der Waals surface area contributed by atoms with Crippen LogP contribution in [0.25, 0.3) is 0 Å². The highest BCUT2D eigenvalue weighted by Crippen LogP contribution is 2.33. The molecule has 74 valence electrons. The van der Waals surface area contributed by atoms with Crippen molar-refractivity contribution < 1.29 is 4.79 Å². The lowest BCUT2D eigenvalue weighted by Gasteiger charge is -2.23. The van der Waals surface area contributed by atoms with Gasteiger partial charge < -0.3 is 10.6 Å². The Labute approximate surface area is 79.3 Å². The van der Waals surface area contributed by atoms with Crippen LogP contribution in [-0.2, 0) is 4.79 Å². The van der Waals surface area contributed by atoms with Gasteiger partial charge in [-0.3, -0.25) is 4.79 Å². The van der Waals surface area contributed by atoms with Crippen molar-refractivity contribution in [2.45, 2.75) is 38.1 Å². The van der Waals surface area contributed by atoms with Gasteiger partial charge in [0, 0.05) is 25.6 Å². The van der Waals surface area contributed by atoms with E-state index in [9.17, 15) is 4.79 Å². The van der Waals surface area contributed by atoms with Crippen molar-refractivity contribution in [1.29, 1.82) is 0 Å². The molecular formula is C10H18N2O. The Kier molecular flexibility index (Phi) is 2.54. The number of amides is 1. The molecule has 1 saturated heterocycles. The fraction of sp³-hybridized carbons (Fsp3) is 0.900. The number of nitrogens with zero attached hydrogens (tertiary/aromatic N) is 1. The highest BCUT2D eigenvalue weighted by molar-refractivity contribution is 5.77. The molecule has 0 aromatic heterocycles. The van der Waals surface area contributed by atoms with Crippen molar-refractivity contribution in [2.75, 3.05) is 13.1 Å². The lowest BCUT2D eigenvalue weighted by Crippen LogP contribution is -2.39. The number of hydrogen-bond donors (Lipinski definition) is 1. The van der Waals surface area contributed by atoms with Gasteiger partial charge in [-0.25, -0.2) is 0 Å². The first-order valence-electron chi connectivity index (χ1n) is 5.31. The van der Waals surface area contributed by atoms with Crippen LogP contribution in [0.3, 0.4) is 0 Å². The molecule has 3 heteroatoms. The van der Waals surface area contributed by atoms with Crippen LogP contribution < -0.4 is 5.73 Å². The fourth-order valence-corrected chi connectivity index (χ4v) is 2.10. The summed E-state index contributed by atoms with van der Waals surface area (Å²) in [5.74, 6) is 1.04. The number of hydrogen-bond acceptors (Lipinski definition) is 2. The third-order valence-electron chi connectivity index (χ3n) is 3.13. The van der Waals surface area contributed by atoms with Crippen LogP contribution in [0.2, 0.25) is 0 Å². The van der Waals surface area contributed by atoms with E-state index >= 15 is 0 Å². The summed E-state index contributed by atoms with van der Waals surface area (Å²) in [4.78, 5) is 13.7. The zero-order valence-electron chi connectivity index (χ0n) is 8.04. The first-order chi connectivity index (χ1) is 6.31. The Hall–Kier alpha value is -0.570. The standard InChI is InChI=1S/C10H18N2O/c11-7-9-2-1-5-12(9)10(13)6-8-3-4-8/h8-9H,1-7,11H2. The summed E-state index contributed by atoms with van der Waals surface area (Å²) < 4.78 is 0. The van der Waals surface area contributed by atoms with Crippen LogP contribution in [-0.4, -0.2) is 29.9 Å². The second-order valence-electron chi connectivity index (χ2n) is 4.27. The van der Waals surface area contributed by atoms with Crippen molar-refractivity contribution in [3.05, 3.63) is 0 Å². The smallest absolute Gasteiger partial charge is 0.223 e. The van der Waals surface area contributed by atoms with Gasteiger partial charge in [-0.05, 0) is 31.6 Å². The molecule has 0 aromatic carbocycles. The molecule has 1 aliphatic heterocycles. The molecule has 0 bridgehead atoms. The predicted molar refractivity (Wildman–Crippen MR) is 51.1 cm³/mol. The Balaban J connectivity index is 1.86. The summed E-state index contributed by atoms with van der Waals surface area (Å²) in [5, 5.41) is 0. The molecule has 1 unspecified atom stereocenters. The second-order valence-corrected chi connectivity index (χ2v) is 4.27. The third-order valence-corrected chi connectivity index (χ3v) is 3.13. The van der Waals surface area contributed by atoms with Crippen LogP contribution in [0.15, 0.2) is 0 Å². The Morgan fingerprint density at radius 1 is 1.38 bits per heavy atom. The first-order valence-corrected chi connectivity index (χ1v) is 5.31. The molecule has 2 rings (SSSR count). The van der Waals surface area contributed by atoms with Gasteiger partial charge in [0.2, 0.25) is 5.91 Å². The molecule has 2 aliphatic rings. The topological polar surface area (TPSA) is 46.3 Å². The lowest BCUT2D eigenvalue weighted by molar-refractivity contribution is -0.132. The van der Waals surface area contributed by atoms with Crippen LogP contribution >= 0.6 is 0 Å².